The molecule has 0 amide bonds. The maximum Gasteiger partial charge on any atom is 0.416 e. The lowest BCUT2D eigenvalue weighted by Gasteiger charge is -2.13. The smallest absolute Gasteiger partial charge is 0.416 e. The maximum absolute atomic E-state index is 12.9. The number of carboxylic acids is 1. The molecule has 0 fully saturated rings. The third-order valence-corrected chi connectivity index (χ3v) is 6.51. The molecule has 0 saturated heterocycles. The minimum Gasteiger partial charge on any atom is -0.482 e. The standard InChI is InChI=1S/C25H26F3NO4S/c1-14(2)22-23(34-24(29-22)17-6-8-18(9-7-17)25(26,27)28)19(30)10-4-16-5-11-20(15(3)12-16)33-13-21(31)32/h5-9,11-12,14,19,30H,4,10,13H2,1-3H3,(H,31,32). The fraction of sp³-hybridized carbons (Fsp3) is 0.360. The first-order valence-electron chi connectivity index (χ1n) is 10.8. The van der Waals surface area contributed by atoms with Gasteiger partial charge in [-0.15, -0.1) is 11.3 Å². The van der Waals surface area contributed by atoms with Crippen molar-refractivity contribution in [1.82, 2.24) is 4.98 Å². The Morgan fingerprint density at radius 2 is 1.82 bits per heavy atom. The van der Waals surface area contributed by atoms with E-state index in [2.05, 4.69) is 4.98 Å². The quantitative estimate of drug-likeness (QED) is 0.361. The number of aliphatic hydroxyl groups excluding tert-OH is 1. The number of aromatic nitrogens is 1. The summed E-state index contributed by atoms with van der Waals surface area (Å²) in [7, 11) is 0. The number of halogens is 3. The van der Waals surface area contributed by atoms with Crippen LogP contribution in [0.15, 0.2) is 42.5 Å². The lowest BCUT2D eigenvalue weighted by Crippen LogP contribution is -2.10. The van der Waals surface area contributed by atoms with Gasteiger partial charge >= 0.3 is 12.1 Å². The van der Waals surface area contributed by atoms with Gasteiger partial charge in [-0.05, 0) is 55.0 Å². The Bertz CT molecular complexity index is 1140. The molecular weight excluding hydrogens is 467 g/mol. The van der Waals surface area contributed by atoms with E-state index in [9.17, 15) is 23.1 Å². The number of aryl methyl sites for hydroxylation is 2. The second-order valence-corrected chi connectivity index (χ2v) is 9.37. The number of aliphatic carboxylic acids is 1. The summed E-state index contributed by atoms with van der Waals surface area (Å²) in [6.45, 7) is 5.33. The second kappa shape index (κ2) is 10.6. The van der Waals surface area contributed by atoms with Crippen LogP contribution in [0.5, 0.6) is 5.75 Å². The number of aliphatic hydroxyl groups is 1. The van der Waals surface area contributed by atoms with E-state index in [-0.39, 0.29) is 5.92 Å². The van der Waals surface area contributed by atoms with E-state index in [1.54, 1.807) is 6.07 Å². The van der Waals surface area contributed by atoms with Gasteiger partial charge in [0.05, 0.1) is 22.2 Å². The molecule has 0 saturated carbocycles. The topological polar surface area (TPSA) is 79.7 Å². The Kier molecular flexibility index (Phi) is 7.99. The minimum atomic E-state index is -4.40. The Hall–Kier alpha value is -2.91. The Morgan fingerprint density at radius 1 is 1.15 bits per heavy atom. The summed E-state index contributed by atoms with van der Waals surface area (Å²) in [5.74, 6) is -0.512. The SMILES string of the molecule is Cc1cc(CCC(O)c2sc(-c3ccc(C(F)(F)F)cc3)nc2C(C)C)ccc1OCC(=O)O. The van der Waals surface area contributed by atoms with Crippen LogP contribution in [0.2, 0.25) is 0 Å². The summed E-state index contributed by atoms with van der Waals surface area (Å²) in [5.41, 5.74) is 2.37. The molecule has 0 bridgehead atoms. The van der Waals surface area contributed by atoms with Gasteiger partial charge in [0, 0.05) is 5.56 Å². The van der Waals surface area contributed by atoms with Crippen molar-refractivity contribution >= 4 is 17.3 Å². The van der Waals surface area contributed by atoms with Gasteiger partial charge in [0.25, 0.3) is 0 Å². The maximum atomic E-state index is 12.9. The van der Waals surface area contributed by atoms with Gasteiger partial charge in [0.1, 0.15) is 10.8 Å². The van der Waals surface area contributed by atoms with Crippen molar-refractivity contribution in [2.45, 2.75) is 51.8 Å². The van der Waals surface area contributed by atoms with Crippen LogP contribution in [-0.2, 0) is 17.4 Å². The van der Waals surface area contributed by atoms with Gasteiger partial charge in [0.2, 0.25) is 0 Å². The highest BCUT2D eigenvalue weighted by atomic mass is 32.1. The lowest BCUT2D eigenvalue weighted by molar-refractivity contribution is -0.139. The number of carboxylic acid groups (broad SMARTS) is 1. The average Bonchev–Trinajstić information content (AvgIpc) is 3.22. The molecule has 9 heteroatoms. The summed E-state index contributed by atoms with van der Waals surface area (Å²) in [5, 5.41) is 20.2. The predicted molar refractivity (Wildman–Crippen MR) is 124 cm³/mol. The molecule has 1 heterocycles. The monoisotopic (exact) mass is 493 g/mol. The molecule has 2 aromatic carbocycles. The molecule has 0 radical (unpaired) electrons. The number of benzene rings is 2. The Labute approximate surface area is 199 Å². The molecule has 2 N–H and O–H groups in total. The first-order chi connectivity index (χ1) is 16.0. The Morgan fingerprint density at radius 3 is 2.38 bits per heavy atom. The lowest BCUT2D eigenvalue weighted by atomic mass is 10.0. The van der Waals surface area contributed by atoms with Crippen molar-refractivity contribution in [3.05, 3.63) is 69.7 Å². The Balaban J connectivity index is 1.74. The van der Waals surface area contributed by atoms with Crippen LogP contribution in [0.4, 0.5) is 13.2 Å². The van der Waals surface area contributed by atoms with Crippen LogP contribution >= 0.6 is 11.3 Å². The van der Waals surface area contributed by atoms with E-state index in [4.69, 9.17) is 9.84 Å². The van der Waals surface area contributed by atoms with Gasteiger partial charge < -0.3 is 14.9 Å². The highest BCUT2D eigenvalue weighted by Gasteiger charge is 2.30. The summed E-state index contributed by atoms with van der Waals surface area (Å²) >= 11 is 1.29. The number of hydrogen-bond donors (Lipinski definition) is 2. The molecule has 5 nitrogen and oxygen atoms in total. The molecule has 1 aromatic heterocycles. The fourth-order valence-corrected chi connectivity index (χ4v) is 4.77. The van der Waals surface area contributed by atoms with Crippen molar-refractivity contribution < 1.29 is 32.9 Å². The van der Waals surface area contributed by atoms with Gasteiger partial charge in [0.15, 0.2) is 6.61 Å². The van der Waals surface area contributed by atoms with E-state index >= 15 is 0 Å². The average molecular weight is 494 g/mol. The summed E-state index contributed by atoms with van der Waals surface area (Å²) in [6.07, 6.45) is -4.17. The largest absolute Gasteiger partial charge is 0.482 e. The number of rotatable bonds is 9. The molecular formula is C25H26F3NO4S. The number of hydrogen-bond acceptors (Lipinski definition) is 5. The van der Waals surface area contributed by atoms with E-state index in [1.165, 1.54) is 23.5 Å². The first-order valence-corrected chi connectivity index (χ1v) is 11.6. The van der Waals surface area contributed by atoms with Crippen LogP contribution < -0.4 is 4.74 Å². The van der Waals surface area contributed by atoms with Crippen LogP contribution in [-0.4, -0.2) is 27.8 Å². The van der Waals surface area contributed by atoms with Crippen LogP contribution in [0.1, 0.15) is 59.6 Å². The zero-order valence-corrected chi connectivity index (χ0v) is 19.8. The number of ether oxygens (including phenoxy) is 1. The van der Waals surface area contributed by atoms with Crippen molar-refractivity contribution in [3.8, 4) is 16.3 Å². The molecule has 0 aliphatic carbocycles. The zero-order chi connectivity index (χ0) is 25.0. The number of carbonyl (C=O) groups is 1. The van der Waals surface area contributed by atoms with E-state index in [0.29, 0.717) is 34.0 Å². The molecule has 3 aromatic rings. The zero-order valence-electron chi connectivity index (χ0n) is 19.0. The summed E-state index contributed by atoms with van der Waals surface area (Å²) in [6, 6.07) is 10.3. The van der Waals surface area contributed by atoms with E-state index in [0.717, 1.165) is 29.0 Å². The second-order valence-electron chi connectivity index (χ2n) is 8.34. The van der Waals surface area contributed by atoms with Crippen molar-refractivity contribution in [2.24, 2.45) is 0 Å². The van der Waals surface area contributed by atoms with Crippen LogP contribution in [0, 0.1) is 6.92 Å². The van der Waals surface area contributed by atoms with Gasteiger partial charge in [-0.25, -0.2) is 9.78 Å². The highest BCUT2D eigenvalue weighted by Crippen LogP contribution is 2.38. The molecule has 1 atom stereocenters. The summed E-state index contributed by atoms with van der Waals surface area (Å²) in [4.78, 5) is 16.0. The van der Waals surface area contributed by atoms with Gasteiger partial charge in [-0.3, -0.25) is 0 Å². The third kappa shape index (κ3) is 6.36. The normalized spacial score (nSPS) is 12.7. The van der Waals surface area contributed by atoms with Gasteiger partial charge in [-0.1, -0.05) is 38.1 Å². The van der Waals surface area contributed by atoms with Crippen LogP contribution in [0.3, 0.4) is 0 Å². The van der Waals surface area contributed by atoms with Crippen molar-refractivity contribution in [2.75, 3.05) is 6.61 Å². The number of thiazole rings is 1. The fourth-order valence-electron chi connectivity index (χ4n) is 3.52. The van der Waals surface area contributed by atoms with E-state index in [1.807, 2.05) is 32.9 Å². The molecule has 1 unspecified atom stereocenters. The molecule has 0 spiro atoms. The number of nitrogens with zero attached hydrogens (tertiary/aromatic N) is 1. The van der Waals surface area contributed by atoms with Crippen molar-refractivity contribution in [3.63, 3.8) is 0 Å². The highest BCUT2D eigenvalue weighted by molar-refractivity contribution is 7.15. The van der Waals surface area contributed by atoms with Crippen molar-refractivity contribution in [1.29, 1.82) is 0 Å². The molecule has 34 heavy (non-hydrogen) atoms. The molecule has 0 aliphatic rings. The predicted octanol–water partition coefficient (Wildman–Crippen LogP) is 6.39. The molecule has 3 rings (SSSR count). The molecule has 0 aliphatic heterocycles. The number of alkyl halides is 3. The molecule has 182 valence electrons. The summed E-state index contributed by atoms with van der Waals surface area (Å²) < 4.78 is 43.8. The van der Waals surface area contributed by atoms with Gasteiger partial charge in [-0.2, -0.15) is 13.2 Å². The van der Waals surface area contributed by atoms with Crippen LogP contribution in [0.25, 0.3) is 10.6 Å². The minimum absolute atomic E-state index is 0.0389. The van der Waals surface area contributed by atoms with E-state index < -0.39 is 30.4 Å². The first kappa shape index (κ1) is 25.7. The third-order valence-electron chi connectivity index (χ3n) is 5.29.